The van der Waals surface area contributed by atoms with Gasteiger partial charge in [0.05, 0.1) is 0 Å². The van der Waals surface area contributed by atoms with Gasteiger partial charge in [0.25, 0.3) is 5.91 Å². The van der Waals surface area contributed by atoms with Crippen LogP contribution in [-0.2, 0) is 6.42 Å². The van der Waals surface area contributed by atoms with Gasteiger partial charge < -0.3 is 4.90 Å². The first-order chi connectivity index (χ1) is 11.3. The van der Waals surface area contributed by atoms with Gasteiger partial charge in [0.15, 0.2) is 5.69 Å². The summed E-state index contributed by atoms with van der Waals surface area (Å²) in [5.74, 6) is -0.0628. The second-order valence-electron chi connectivity index (χ2n) is 5.56. The van der Waals surface area contributed by atoms with Crippen LogP contribution in [0.3, 0.4) is 0 Å². The molecule has 0 atom stereocenters. The van der Waals surface area contributed by atoms with Crippen LogP contribution >= 0.6 is 11.5 Å². The van der Waals surface area contributed by atoms with Crippen molar-refractivity contribution in [2.24, 2.45) is 0 Å². The maximum Gasteiger partial charge on any atom is 0.279 e. The highest BCUT2D eigenvalue weighted by Crippen LogP contribution is 2.32. The van der Waals surface area contributed by atoms with E-state index in [1.807, 2.05) is 23.1 Å². The fourth-order valence-corrected chi connectivity index (χ4v) is 3.44. The molecule has 4 nitrogen and oxygen atoms in total. The molecule has 1 aliphatic rings. The monoisotopic (exact) mass is 321 g/mol. The van der Waals surface area contributed by atoms with Crippen LogP contribution in [0.25, 0.3) is 11.1 Å². The Balaban J connectivity index is 1.71. The van der Waals surface area contributed by atoms with E-state index in [1.54, 1.807) is 5.38 Å². The number of anilines is 1. The topological polar surface area (TPSA) is 46.1 Å². The Bertz CT molecular complexity index is 831. The van der Waals surface area contributed by atoms with Crippen LogP contribution in [0.5, 0.6) is 0 Å². The zero-order valence-electron chi connectivity index (χ0n) is 12.5. The number of hydrogen-bond acceptors (Lipinski definition) is 4. The average molecular weight is 321 g/mol. The van der Waals surface area contributed by atoms with Gasteiger partial charge in [-0.3, -0.25) is 4.79 Å². The highest BCUT2D eigenvalue weighted by molar-refractivity contribution is 7.03. The third-order valence-corrected chi connectivity index (χ3v) is 4.63. The van der Waals surface area contributed by atoms with Crippen LogP contribution in [0.2, 0.25) is 0 Å². The summed E-state index contributed by atoms with van der Waals surface area (Å²) in [4.78, 5) is 14.4. The molecular formula is C18H15N3OS. The summed E-state index contributed by atoms with van der Waals surface area (Å²) in [6.45, 7) is 0.730. The molecule has 0 aliphatic carbocycles. The minimum Gasteiger partial charge on any atom is -0.307 e. The molecule has 23 heavy (non-hydrogen) atoms. The van der Waals surface area contributed by atoms with E-state index >= 15 is 0 Å². The molecule has 5 heteroatoms. The van der Waals surface area contributed by atoms with Crippen LogP contribution in [0.15, 0.2) is 53.9 Å². The smallest absolute Gasteiger partial charge is 0.279 e. The first-order valence-electron chi connectivity index (χ1n) is 7.60. The lowest BCUT2D eigenvalue weighted by Gasteiger charge is -2.29. The molecule has 1 amide bonds. The van der Waals surface area contributed by atoms with E-state index in [4.69, 9.17) is 0 Å². The van der Waals surface area contributed by atoms with Crippen LogP contribution in [0, 0.1) is 0 Å². The lowest BCUT2D eigenvalue weighted by atomic mass is 9.96. The van der Waals surface area contributed by atoms with E-state index in [0.717, 1.165) is 25.1 Å². The molecule has 0 N–H and O–H groups in total. The average Bonchev–Trinajstić information content (AvgIpc) is 3.15. The molecule has 0 saturated heterocycles. The molecule has 0 radical (unpaired) electrons. The summed E-state index contributed by atoms with van der Waals surface area (Å²) in [5, 5.41) is 5.61. The van der Waals surface area contributed by atoms with E-state index in [0.29, 0.717) is 5.69 Å². The summed E-state index contributed by atoms with van der Waals surface area (Å²) >= 11 is 1.20. The molecule has 1 aliphatic heterocycles. The third kappa shape index (κ3) is 2.64. The van der Waals surface area contributed by atoms with Crippen molar-refractivity contribution in [1.82, 2.24) is 9.59 Å². The van der Waals surface area contributed by atoms with Gasteiger partial charge in [-0.15, -0.1) is 5.10 Å². The molecule has 3 aromatic rings. The highest BCUT2D eigenvalue weighted by Gasteiger charge is 2.25. The van der Waals surface area contributed by atoms with E-state index in [9.17, 15) is 4.79 Å². The van der Waals surface area contributed by atoms with Crippen molar-refractivity contribution in [2.45, 2.75) is 12.8 Å². The fourth-order valence-electron chi connectivity index (χ4n) is 3.01. The number of aromatic nitrogens is 2. The Labute approximate surface area is 138 Å². The minimum absolute atomic E-state index is 0.0628. The molecule has 0 bridgehead atoms. The molecular weight excluding hydrogens is 306 g/mol. The van der Waals surface area contributed by atoms with E-state index in [2.05, 4.69) is 39.9 Å². The first-order valence-corrected chi connectivity index (χ1v) is 8.44. The van der Waals surface area contributed by atoms with Gasteiger partial charge >= 0.3 is 0 Å². The fraction of sp³-hybridized carbons (Fsp3) is 0.167. The number of carbonyl (C=O) groups excluding carboxylic acids is 1. The Morgan fingerprint density at radius 1 is 1.09 bits per heavy atom. The second-order valence-corrected chi connectivity index (χ2v) is 6.17. The summed E-state index contributed by atoms with van der Waals surface area (Å²) in [6.07, 6.45) is 1.96. The molecule has 0 saturated carbocycles. The Morgan fingerprint density at radius 3 is 2.74 bits per heavy atom. The van der Waals surface area contributed by atoms with Crippen LogP contribution in [0.1, 0.15) is 22.5 Å². The number of carbonyl (C=O) groups is 1. The Morgan fingerprint density at radius 2 is 1.96 bits per heavy atom. The normalized spacial score (nSPS) is 13.7. The SMILES string of the molecule is O=C(c1csnn1)N1CCCc2cc(-c3ccccc3)ccc21. The van der Waals surface area contributed by atoms with E-state index < -0.39 is 0 Å². The van der Waals surface area contributed by atoms with Crippen molar-refractivity contribution in [3.63, 3.8) is 0 Å². The number of fused-ring (bicyclic) bond motifs is 1. The summed E-state index contributed by atoms with van der Waals surface area (Å²) in [7, 11) is 0. The number of nitrogens with zero attached hydrogens (tertiary/aromatic N) is 3. The third-order valence-electron chi connectivity index (χ3n) is 4.13. The molecule has 0 spiro atoms. The summed E-state index contributed by atoms with van der Waals surface area (Å²) in [6, 6.07) is 16.6. The number of benzene rings is 2. The van der Waals surface area contributed by atoms with Gasteiger partial charge in [0, 0.05) is 17.6 Å². The first kappa shape index (κ1) is 14.1. The highest BCUT2D eigenvalue weighted by atomic mass is 32.1. The van der Waals surface area contributed by atoms with Gasteiger partial charge in [0.2, 0.25) is 0 Å². The lowest BCUT2D eigenvalue weighted by Crippen LogP contribution is -2.35. The van der Waals surface area contributed by atoms with Crippen molar-refractivity contribution in [1.29, 1.82) is 0 Å². The zero-order valence-corrected chi connectivity index (χ0v) is 13.3. The minimum atomic E-state index is -0.0628. The number of hydrogen-bond donors (Lipinski definition) is 0. The molecule has 0 fully saturated rings. The molecule has 4 rings (SSSR count). The van der Waals surface area contributed by atoms with Crippen LogP contribution in [-0.4, -0.2) is 22.0 Å². The quantitative estimate of drug-likeness (QED) is 0.721. The van der Waals surface area contributed by atoms with Crippen molar-refractivity contribution in [3.05, 3.63) is 65.2 Å². The van der Waals surface area contributed by atoms with E-state index in [-0.39, 0.29) is 5.91 Å². The Hall–Kier alpha value is -2.53. The second kappa shape index (κ2) is 5.93. The van der Waals surface area contributed by atoms with Crippen molar-refractivity contribution in [2.75, 3.05) is 11.4 Å². The van der Waals surface area contributed by atoms with Crippen molar-refractivity contribution < 1.29 is 4.79 Å². The molecule has 114 valence electrons. The number of amides is 1. The molecule has 0 unspecified atom stereocenters. The maximum absolute atomic E-state index is 12.6. The van der Waals surface area contributed by atoms with Crippen molar-refractivity contribution in [3.8, 4) is 11.1 Å². The summed E-state index contributed by atoms with van der Waals surface area (Å²) < 4.78 is 3.79. The Kier molecular flexibility index (Phi) is 3.63. The predicted molar refractivity (Wildman–Crippen MR) is 91.8 cm³/mol. The van der Waals surface area contributed by atoms with E-state index in [1.165, 1.54) is 28.2 Å². The van der Waals surface area contributed by atoms with Crippen LogP contribution < -0.4 is 4.90 Å². The van der Waals surface area contributed by atoms with Gasteiger partial charge in [-0.25, -0.2) is 0 Å². The van der Waals surface area contributed by atoms with Gasteiger partial charge in [0.1, 0.15) is 0 Å². The standard InChI is InChI=1S/C18H15N3OS/c22-18(16-12-23-20-19-16)21-10-4-7-15-11-14(8-9-17(15)21)13-5-2-1-3-6-13/h1-3,5-6,8-9,11-12H,4,7,10H2. The van der Waals surface area contributed by atoms with Gasteiger partial charge in [-0.1, -0.05) is 40.9 Å². The molecule has 1 aromatic heterocycles. The van der Waals surface area contributed by atoms with Crippen molar-refractivity contribution >= 4 is 23.1 Å². The summed E-state index contributed by atoms with van der Waals surface area (Å²) in [5.41, 5.74) is 5.02. The lowest BCUT2D eigenvalue weighted by molar-refractivity contribution is 0.0980. The predicted octanol–water partition coefficient (Wildman–Crippen LogP) is 3.80. The van der Waals surface area contributed by atoms with Gasteiger partial charge in [-0.05, 0) is 53.2 Å². The van der Waals surface area contributed by atoms with Crippen LogP contribution in [0.4, 0.5) is 5.69 Å². The maximum atomic E-state index is 12.6. The molecule has 2 aromatic carbocycles. The molecule has 2 heterocycles. The zero-order chi connectivity index (χ0) is 15.6. The number of aryl methyl sites for hydroxylation is 1. The van der Waals surface area contributed by atoms with Gasteiger partial charge in [-0.2, -0.15) is 0 Å². The number of rotatable bonds is 2. The largest absolute Gasteiger partial charge is 0.307 e.